The van der Waals surface area contributed by atoms with Gasteiger partial charge in [0.1, 0.15) is 0 Å². The summed E-state index contributed by atoms with van der Waals surface area (Å²) in [5.41, 5.74) is 0.0364. The van der Waals surface area contributed by atoms with Crippen LogP contribution in [0.1, 0.15) is 23.2 Å². The van der Waals surface area contributed by atoms with Gasteiger partial charge in [0.15, 0.2) is 0 Å². The Bertz CT molecular complexity index is 964. The van der Waals surface area contributed by atoms with E-state index in [1.807, 2.05) is 0 Å². The zero-order valence-electron chi connectivity index (χ0n) is 13.8. The van der Waals surface area contributed by atoms with Gasteiger partial charge in [0.05, 0.1) is 10.5 Å². The number of nitrogens with one attached hydrogen (secondary N) is 1. The van der Waals surface area contributed by atoms with E-state index in [1.54, 1.807) is 12.1 Å². The molecule has 9 heteroatoms. The highest BCUT2D eigenvalue weighted by Gasteiger charge is 2.27. The van der Waals surface area contributed by atoms with Crippen molar-refractivity contribution in [2.45, 2.75) is 23.8 Å². The van der Waals surface area contributed by atoms with Crippen LogP contribution < -0.4 is 4.72 Å². The summed E-state index contributed by atoms with van der Waals surface area (Å²) < 4.78 is 28.3. The lowest BCUT2D eigenvalue weighted by atomic mass is 10.0. The molecule has 1 aliphatic heterocycles. The van der Waals surface area contributed by atoms with Crippen molar-refractivity contribution in [3.05, 3.63) is 42.0 Å². The second-order valence-corrected chi connectivity index (χ2v) is 7.81. The molecule has 0 radical (unpaired) electrons. The standard InChI is InChI=1S/C17H18N2O6S/c20-16(21)14-5-1-4-13-12(14)3-2-6-15(13)26(24,25)18-11-7-9-19(10-8-11)17(22)23/h1-6,11,18H,7-10H2,(H,20,21)(H,22,23). The van der Waals surface area contributed by atoms with Crippen LogP contribution in [-0.4, -0.2) is 54.7 Å². The monoisotopic (exact) mass is 378 g/mol. The maximum absolute atomic E-state index is 12.8. The highest BCUT2D eigenvalue weighted by Crippen LogP contribution is 2.26. The van der Waals surface area contributed by atoms with Gasteiger partial charge in [0.2, 0.25) is 10.0 Å². The SMILES string of the molecule is O=C(O)c1cccc2c(S(=O)(=O)NC3CCN(C(=O)O)CC3)cccc12. The molecule has 138 valence electrons. The van der Waals surface area contributed by atoms with Crippen LogP contribution >= 0.6 is 0 Å². The summed E-state index contributed by atoms with van der Waals surface area (Å²) in [5.74, 6) is -1.13. The zero-order valence-corrected chi connectivity index (χ0v) is 14.6. The van der Waals surface area contributed by atoms with E-state index in [2.05, 4.69) is 4.72 Å². The number of carboxylic acid groups (broad SMARTS) is 2. The quantitative estimate of drug-likeness (QED) is 0.747. The number of hydrogen-bond acceptors (Lipinski definition) is 4. The number of aromatic carboxylic acids is 1. The summed E-state index contributed by atoms with van der Waals surface area (Å²) in [7, 11) is -3.88. The molecule has 26 heavy (non-hydrogen) atoms. The minimum Gasteiger partial charge on any atom is -0.478 e. The first-order valence-electron chi connectivity index (χ1n) is 8.05. The van der Waals surface area contributed by atoms with Gasteiger partial charge in [-0.15, -0.1) is 0 Å². The molecule has 1 heterocycles. The molecular weight excluding hydrogens is 360 g/mol. The van der Waals surface area contributed by atoms with Crippen molar-refractivity contribution in [2.24, 2.45) is 0 Å². The number of carboxylic acids is 1. The highest BCUT2D eigenvalue weighted by molar-refractivity contribution is 7.89. The van der Waals surface area contributed by atoms with Crippen molar-refractivity contribution in [1.82, 2.24) is 9.62 Å². The van der Waals surface area contributed by atoms with Gasteiger partial charge in [-0.1, -0.05) is 24.3 Å². The fourth-order valence-electron chi connectivity index (χ4n) is 3.17. The lowest BCUT2D eigenvalue weighted by molar-refractivity contribution is 0.0699. The average molecular weight is 378 g/mol. The number of sulfonamides is 1. The fraction of sp³-hybridized carbons (Fsp3) is 0.294. The van der Waals surface area contributed by atoms with Gasteiger partial charge in [0, 0.05) is 24.5 Å². The first-order valence-corrected chi connectivity index (χ1v) is 9.53. The maximum Gasteiger partial charge on any atom is 0.407 e. The molecule has 2 aromatic rings. The van der Waals surface area contributed by atoms with Crippen LogP contribution in [0.2, 0.25) is 0 Å². The molecule has 1 amide bonds. The number of nitrogens with zero attached hydrogens (tertiary/aromatic N) is 1. The molecular formula is C17H18N2O6S. The second-order valence-electron chi connectivity index (χ2n) is 6.13. The molecule has 3 rings (SSSR count). The summed E-state index contributed by atoms with van der Waals surface area (Å²) in [4.78, 5) is 23.6. The summed E-state index contributed by atoms with van der Waals surface area (Å²) in [6.45, 7) is 0.530. The number of fused-ring (bicyclic) bond motifs is 1. The lowest BCUT2D eigenvalue weighted by Gasteiger charge is -2.30. The molecule has 0 aromatic heterocycles. The maximum atomic E-state index is 12.8. The van der Waals surface area contributed by atoms with E-state index in [0.29, 0.717) is 23.6 Å². The molecule has 1 fully saturated rings. The Morgan fingerprint density at radius 2 is 1.62 bits per heavy atom. The molecule has 0 saturated carbocycles. The Kier molecular flexibility index (Phi) is 4.84. The number of carbonyl (C=O) groups is 2. The Hall–Kier alpha value is -2.65. The van der Waals surface area contributed by atoms with Crippen LogP contribution in [0, 0.1) is 0 Å². The number of amides is 1. The number of piperidine rings is 1. The van der Waals surface area contributed by atoms with Crippen LogP contribution in [0.3, 0.4) is 0 Å². The third kappa shape index (κ3) is 3.49. The van der Waals surface area contributed by atoms with E-state index in [-0.39, 0.29) is 29.6 Å². The molecule has 0 bridgehead atoms. The van der Waals surface area contributed by atoms with E-state index in [4.69, 9.17) is 5.11 Å². The van der Waals surface area contributed by atoms with E-state index >= 15 is 0 Å². The molecule has 2 aromatic carbocycles. The molecule has 0 atom stereocenters. The van der Waals surface area contributed by atoms with Gasteiger partial charge >= 0.3 is 12.1 Å². The Morgan fingerprint density at radius 1 is 1.00 bits per heavy atom. The second kappa shape index (κ2) is 6.93. The van der Waals surface area contributed by atoms with Crippen LogP contribution in [0.25, 0.3) is 10.8 Å². The van der Waals surface area contributed by atoms with Crippen molar-refractivity contribution < 1.29 is 28.2 Å². The largest absolute Gasteiger partial charge is 0.478 e. The molecule has 0 aliphatic carbocycles. The first-order chi connectivity index (χ1) is 12.3. The predicted octanol–water partition coefficient (Wildman–Crippen LogP) is 1.96. The molecule has 0 spiro atoms. The number of likely N-dealkylation sites (tertiary alicyclic amines) is 1. The predicted molar refractivity (Wildman–Crippen MR) is 93.8 cm³/mol. The lowest BCUT2D eigenvalue weighted by Crippen LogP contribution is -2.46. The van der Waals surface area contributed by atoms with E-state index in [9.17, 15) is 23.1 Å². The Morgan fingerprint density at radius 3 is 2.23 bits per heavy atom. The summed E-state index contributed by atoms with van der Waals surface area (Å²) in [5, 5.41) is 18.9. The van der Waals surface area contributed by atoms with Gasteiger partial charge in [0.25, 0.3) is 0 Å². The molecule has 1 saturated heterocycles. The molecule has 0 unspecified atom stereocenters. The zero-order chi connectivity index (χ0) is 18.9. The number of benzene rings is 2. The third-order valence-corrected chi connectivity index (χ3v) is 6.07. The Labute approximate surface area is 150 Å². The van der Waals surface area contributed by atoms with E-state index in [0.717, 1.165) is 0 Å². The minimum atomic E-state index is -3.88. The van der Waals surface area contributed by atoms with Gasteiger partial charge in [-0.25, -0.2) is 22.7 Å². The van der Waals surface area contributed by atoms with Crippen molar-refractivity contribution in [1.29, 1.82) is 0 Å². The first kappa shape index (κ1) is 18.2. The van der Waals surface area contributed by atoms with Gasteiger partial charge in [-0.3, -0.25) is 0 Å². The van der Waals surface area contributed by atoms with E-state index in [1.165, 1.54) is 29.2 Å². The summed E-state index contributed by atoms with van der Waals surface area (Å²) in [6, 6.07) is 8.66. The third-order valence-electron chi connectivity index (χ3n) is 4.49. The normalized spacial score (nSPS) is 15.9. The summed E-state index contributed by atoms with van der Waals surface area (Å²) in [6.07, 6.45) is -0.241. The van der Waals surface area contributed by atoms with E-state index < -0.39 is 22.1 Å². The fourth-order valence-corrected chi connectivity index (χ4v) is 4.70. The van der Waals surface area contributed by atoms with Crippen molar-refractivity contribution >= 4 is 32.9 Å². The molecule has 8 nitrogen and oxygen atoms in total. The average Bonchev–Trinajstić information content (AvgIpc) is 2.60. The number of rotatable bonds is 4. The van der Waals surface area contributed by atoms with Crippen molar-refractivity contribution in [3.63, 3.8) is 0 Å². The summed E-state index contributed by atoms with van der Waals surface area (Å²) >= 11 is 0. The smallest absolute Gasteiger partial charge is 0.407 e. The van der Waals surface area contributed by atoms with Crippen LogP contribution in [0.4, 0.5) is 4.79 Å². The highest BCUT2D eigenvalue weighted by atomic mass is 32.2. The van der Waals surface area contributed by atoms with Crippen molar-refractivity contribution in [2.75, 3.05) is 13.1 Å². The number of hydrogen-bond donors (Lipinski definition) is 3. The van der Waals surface area contributed by atoms with Gasteiger partial charge in [-0.05, 0) is 30.4 Å². The van der Waals surface area contributed by atoms with Gasteiger partial charge in [-0.2, -0.15) is 0 Å². The van der Waals surface area contributed by atoms with Crippen molar-refractivity contribution in [3.8, 4) is 0 Å². The molecule has 1 aliphatic rings. The van der Waals surface area contributed by atoms with Gasteiger partial charge < -0.3 is 15.1 Å². The van der Waals surface area contributed by atoms with Crippen LogP contribution in [0.5, 0.6) is 0 Å². The molecule has 3 N–H and O–H groups in total. The minimum absolute atomic E-state index is 0.0127. The topological polar surface area (TPSA) is 124 Å². The van der Waals surface area contributed by atoms with Crippen LogP contribution in [0.15, 0.2) is 41.3 Å². The Balaban J connectivity index is 1.90. The van der Waals surface area contributed by atoms with Crippen LogP contribution in [-0.2, 0) is 10.0 Å².